The lowest BCUT2D eigenvalue weighted by Gasteiger charge is -2.16. The van der Waals surface area contributed by atoms with Gasteiger partial charge in [0, 0.05) is 6.04 Å². The van der Waals surface area contributed by atoms with Gasteiger partial charge in [-0.05, 0) is 31.5 Å². The van der Waals surface area contributed by atoms with Crippen LogP contribution in [0.4, 0.5) is 15.8 Å². The molecule has 0 amide bonds. The second-order valence-corrected chi connectivity index (χ2v) is 3.92. The quantitative estimate of drug-likeness (QED) is 0.731. The molecular formula is C12H19FN2. The molecule has 2 nitrogen and oxygen atoms in total. The molecule has 0 heterocycles. The van der Waals surface area contributed by atoms with Gasteiger partial charge in [-0.1, -0.05) is 19.8 Å². The number of halogens is 1. The highest BCUT2D eigenvalue weighted by Gasteiger charge is 2.04. The maximum absolute atomic E-state index is 12.8. The molecule has 0 aliphatic rings. The molecule has 3 N–H and O–H groups in total. The van der Waals surface area contributed by atoms with Gasteiger partial charge in [-0.2, -0.15) is 0 Å². The van der Waals surface area contributed by atoms with Crippen LogP contribution in [0.3, 0.4) is 0 Å². The third-order valence-electron chi connectivity index (χ3n) is 2.41. The number of unbranched alkanes of at least 4 members (excludes halogenated alkanes) is 1. The number of hydrogen-bond donors (Lipinski definition) is 2. The molecule has 0 aliphatic carbocycles. The summed E-state index contributed by atoms with van der Waals surface area (Å²) in [5.74, 6) is -0.292. The molecule has 1 aromatic carbocycles. The van der Waals surface area contributed by atoms with E-state index < -0.39 is 0 Å². The molecule has 15 heavy (non-hydrogen) atoms. The first-order valence-corrected chi connectivity index (χ1v) is 5.45. The fourth-order valence-electron chi connectivity index (χ4n) is 1.51. The molecule has 1 atom stereocenters. The Morgan fingerprint density at radius 3 is 2.80 bits per heavy atom. The summed E-state index contributed by atoms with van der Waals surface area (Å²) in [7, 11) is 0. The highest BCUT2D eigenvalue weighted by Crippen LogP contribution is 2.20. The van der Waals surface area contributed by atoms with Gasteiger partial charge in [-0.25, -0.2) is 4.39 Å². The highest BCUT2D eigenvalue weighted by atomic mass is 19.1. The molecule has 0 saturated heterocycles. The second kappa shape index (κ2) is 5.59. The zero-order chi connectivity index (χ0) is 11.3. The standard InChI is InChI=1S/C12H19FN2/c1-3-4-5-9(2)15-12-7-6-10(13)8-11(12)14/h6-9,15H,3-5,14H2,1-2H3. The molecule has 1 unspecified atom stereocenters. The third-order valence-corrected chi connectivity index (χ3v) is 2.41. The monoisotopic (exact) mass is 210 g/mol. The van der Waals surface area contributed by atoms with Crippen LogP contribution in [0, 0.1) is 5.82 Å². The molecule has 0 radical (unpaired) electrons. The summed E-state index contributed by atoms with van der Waals surface area (Å²) in [5, 5.41) is 3.28. The molecule has 1 rings (SSSR count). The van der Waals surface area contributed by atoms with Crippen molar-refractivity contribution in [2.24, 2.45) is 0 Å². The first-order chi connectivity index (χ1) is 7.13. The van der Waals surface area contributed by atoms with Crippen molar-refractivity contribution in [2.75, 3.05) is 11.1 Å². The van der Waals surface area contributed by atoms with Crippen LogP contribution in [0.5, 0.6) is 0 Å². The van der Waals surface area contributed by atoms with E-state index in [1.807, 2.05) is 0 Å². The van der Waals surface area contributed by atoms with Gasteiger partial charge in [0.15, 0.2) is 0 Å². The van der Waals surface area contributed by atoms with E-state index in [2.05, 4.69) is 19.2 Å². The third kappa shape index (κ3) is 3.78. The van der Waals surface area contributed by atoms with Crippen molar-refractivity contribution in [3.8, 4) is 0 Å². The van der Waals surface area contributed by atoms with Gasteiger partial charge in [0.2, 0.25) is 0 Å². The number of anilines is 2. The number of nitrogen functional groups attached to an aromatic ring is 1. The van der Waals surface area contributed by atoms with Crippen LogP contribution in [-0.4, -0.2) is 6.04 Å². The second-order valence-electron chi connectivity index (χ2n) is 3.92. The van der Waals surface area contributed by atoms with Gasteiger partial charge in [0.05, 0.1) is 11.4 Å². The summed E-state index contributed by atoms with van der Waals surface area (Å²) in [5.41, 5.74) is 6.99. The van der Waals surface area contributed by atoms with E-state index in [-0.39, 0.29) is 5.82 Å². The van der Waals surface area contributed by atoms with Gasteiger partial charge in [0.1, 0.15) is 5.82 Å². The number of rotatable bonds is 5. The van der Waals surface area contributed by atoms with Gasteiger partial charge in [-0.3, -0.25) is 0 Å². The van der Waals surface area contributed by atoms with E-state index in [4.69, 9.17) is 5.73 Å². The molecule has 0 aromatic heterocycles. The number of benzene rings is 1. The van der Waals surface area contributed by atoms with Crippen molar-refractivity contribution in [1.82, 2.24) is 0 Å². The fourth-order valence-corrected chi connectivity index (χ4v) is 1.51. The Morgan fingerprint density at radius 2 is 2.20 bits per heavy atom. The van der Waals surface area contributed by atoms with E-state index in [1.165, 1.54) is 25.0 Å². The van der Waals surface area contributed by atoms with Crippen LogP contribution >= 0.6 is 0 Å². The molecule has 0 bridgehead atoms. The molecule has 0 saturated carbocycles. The largest absolute Gasteiger partial charge is 0.397 e. The minimum absolute atomic E-state index is 0.292. The fraction of sp³-hybridized carbons (Fsp3) is 0.500. The van der Waals surface area contributed by atoms with Crippen LogP contribution in [0.25, 0.3) is 0 Å². The Balaban J connectivity index is 2.56. The van der Waals surface area contributed by atoms with Crippen molar-refractivity contribution in [3.63, 3.8) is 0 Å². The Morgan fingerprint density at radius 1 is 1.47 bits per heavy atom. The number of nitrogens with one attached hydrogen (secondary N) is 1. The van der Waals surface area contributed by atoms with E-state index in [1.54, 1.807) is 6.07 Å². The van der Waals surface area contributed by atoms with Crippen molar-refractivity contribution in [1.29, 1.82) is 0 Å². The highest BCUT2D eigenvalue weighted by molar-refractivity contribution is 5.66. The average Bonchev–Trinajstić information content (AvgIpc) is 2.19. The van der Waals surface area contributed by atoms with Gasteiger partial charge >= 0.3 is 0 Å². The molecule has 0 aliphatic heterocycles. The Labute approximate surface area is 90.7 Å². The summed E-state index contributed by atoms with van der Waals surface area (Å²) in [6, 6.07) is 4.82. The van der Waals surface area contributed by atoms with Gasteiger partial charge in [0.25, 0.3) is 0 Å². The molecule has 0 spiro atoms. The Hall–Kier alpha value is -1.25. The van der Waals surface area contributed by atoms with Crippen LogP contribution in [0.2, 0.25) is 0 Å². The molecule has 84 valence electrons. The lowest BCUT2D eigenvalue weighted by Crippen LogP contribution is -2.15. The zero-order valence-corrected chi connectivity index (χ0v) is 9.39. The summed E-state index contributed by atoms with van der Waals surface area (Å²) < 4.78 is 12.8. The van der Waals surface area contributed by atoms with E-state index >= 15 is 0 Å². The van der Waals surface area contributed by atoms with E-state index in [0.717, 1.165) is 12.1 Å². The predicted octanol–water partition coefficient (Wildman–Crippen LogP) is 3.40. The lowest BCUT2D eigenvalue weighted by molar-refractivity contribution is 0.627. The van der Waals surface area contributed by atoms with Crippen LogP contribution < -0.4 is 11.1 Å². The number of nitrogens with two attached hydrogens (primary N) is 1. The van der Waals surface area contributed by atoms with Crippen molar-refractivity contribution < 1.29 is 4.39 Å². The van der Waals surface area contributed by atoms with Crippen molar-refractivity contribution in [2.45, 2.75) is 39.2 Å². The molecule has 3 heteroatoms. The summed E-state index contributed by atoms with van der Waals surface area (Å²) in [6.45, 7) is 4.28. The minimum Gasteiger partial charge on any atom is -0.397 e. The van der Waals surface area contributed by atoms with Crippen LogP contribution in [0.15, 0.2) is 18.2 Å². The lowest BCUT2D eigenvalue weighted by atomic mass is 10.1. The summed E-state index contributed by atoms with van der Waals surface area (Å²) in [6.07, 6.45) is 3.48. The minimum atomic E-state index is -0.292. The summed E-state index contributed by atoms with van der Waals surface area (Å²) in [4.78, 5) is 0. The molecular weight excluding hydrogens is 191 g/mol. The normalized spacial score (nSPS) is 12.5. The predicted molar refractivity (Wildman–Crippen MR) is 63.4 cm³/mol. The van der Waals surface area contributed by atoms with Gasteiger partial charge < -0.3 is 11.1 Å². The molecule has 0 fully saturated rings. The first kappa shape index (κ1) is 11.8. The topological polar surface area (TPSA) is 38.0 Å². The van der Waals surface area contributed by atoms with Crippen molar-refractivity contribution in [3.05, 3.63) is 24.0 Å². The Kier molecular flexibility index (Phi) is 4.40. The SMILES string of the molecule is CCCCC(C)Nc1ccc(F)cc1N. The van der Waals surface area contributed by atoms with Crippen LogP contribution in [-0.2, 0) is 0 Å². The van der Waals surface area contributed by atoms with E-state index in [0.29, 0.717) is 11.7 Å². The average molecular weight is 210 g/mol. The molecule has 1 aromatic rings. The van der Waals surface area contributed by atoms with Crippen molar-refractivity contribution >= 4 is 11.4 Å². The maximum Gasteiger partial charge on any atom is 0.125 e. The summed E-state index contributed by atoms with van der Waals surface area (Å²) >= 11 is 0. The van der Waals surface area contributed by atoms with Crippen LogP contribution in [0.1, 0.15) is 33.1 Å². The zero-order valence-electron chi connectivity index (χ0n) is 9.39. The number of hydrogen-bond acceptors (Lipinski definition) is 2. The first-order valence-electron chi connectivity index (χ1n) is 5.45. The smallest absolute Gasteiger partial charge is 0.125 e. The Bertz CT molecular complexity index is 312. The van der Waals surface area contributed by atoms with E-state index in [9.17, 15) is 4.39 Å². The van der Waals surface area contributed by atoms with Gasteiger partial charge in [-0.15, -0.1) is 0 Å². The maximum atomic E-state index is 12.8.